The van der Waals surface area contributed by atoms with E-state index in [0.29, 0.717) is 19.4 Å². The van der Waals surface area contributed by atoms with E-state index in [9.17, 15) is 14.9 Å². The molecule has 2 amide bonds. The summed E-state index contributed by atoms with van der Waals surface area (Å²) in [5.74, 6) is -0.444. The van der Waals surface area contributed by atoms with Gasteiger partial charge in [0.1, 0.15) is 6.04 Å². The van der Waals surface area contributed by atoms with E-state index >= 15 is 0 Å². The molecule has 6 heteroatoms. The first kappa shape index (κ1) is 18.0. The molecular formula is C18H24N4O2. The van der Waals surface area contributed by atoms with Crippen LogP contribution in [0.2, 0.25) is 0 Å². The molecule has 1 saturated heterocycles. The Morgan fingerprint density at radius 1 is 1.42 bits per heavy atom. The molecule has 1 heterocycles. The Morgan fingerprint density at radius 2 is 2.17 bits per heavy atom. The van der Waals surface area contributed by atoms with Gasteiger partial charge in [-0.1, -0.05) is 30.3 Å². The number of nitrogens with zero attached hydrogens (tertiary/aromatic N) is 1. The third kappa shape index (κ3) is 5.07. The standard InChI is InChI=1S/C18H24N4O2/c1-20-16(10-13-6-3-2-4-7-13)18(24)22-15(12-19)11-14-8-5-9-21-17(14)23/h2-4,6-7,14-16,20H,5,8-11H2,1H3,(H,21,23)(H,22,24)/t14?,15?,16-/m0/s1. The van der Waals surface area contributed by atoms with Crippen LogP contribution in [0, 0.1) is 17.2 Å². The zero-order chi connectivity index (χ0) is 17.4. The molecular weight excluding hydrogens is 304 g/mol. The van der Waals surface area contributed by atoms with Gasteiger partial charge in [0.05, 0.1) is 12.1 Å². The largest absolute Gasteiger partial charge is 0.356 e. The average Bonchev–Trinajstić information content (AvgIpc) is 2.61. The van der Waals surface area contributed by atoms with E-state index in [1.807, 2.05) is 30.3 Å². The number of carbonyl (C=O) groups is 2. The molecule has 2 rings (SSSR count). The van der Waals surface area contributed by atoms with E-state index in [-0.39, 0.29) is 17.7 Å². The second-order valence-electron chi connectivity index (χ2n) is 6.09. The summed E-state index contributed by atoms with van der Waals surface area (Å²) in [6, 6.07) is 10.8. The van der Waals surface area contributed by atoms with E-state index < -0.39 is 12.1 Å². The van der Waals surface area contributed by atoms with E-state index in [1.165, 1.54) is 0 Å². The summed E-state index contributed by atoms with van der Waals surface area (Å²) < 4.78 is 0. The highest BCUT2D eigenvalue weighted by molar-refractivity contribution is 5.83. The fraction of sp³-hybridized carbons (Fsp3) is 0.500. The normalized spacial score (nSPS) is 19.7. The minimum absolute atomic E-state index is 0.0230. The van der Waals surface area contributed by atoms with Crippen LogP contribution in [0.4, 0.5) is 0 Å². The Hall–Kier alpha value is -2.39. The molecule has 2 unspecified atom stereocenters. The molecule has 1 aromatic carbocycles. The predicted octanol–water partition coefficient (Wildman–Crippen LogP) is 0.742. The molecule has 0 aliphatic carbocycles. The van der Waals surface area contributed by atoms with Crippen LogP contribution in [-0.2, 0) is 16.0 Å². The number of nitrogens with one attached hydrogen (secondary N) is 3. The van der Waals surface area contributed by atoms with Gasteiger partial charge in [0.2, 0.25) is 11.8 Å². The van der Waals surface area contributed by atoms with Crippen molar-refractivity contribution in [3.8, 4) is 6.07 Å². The van der Waals surface area contributed by atoms with Crippen LogP contribution in [0.25, 0.3) is 0 Å². The van der Waals surface area contributed by atoms with Crippen molar-refractivity contribution in [3.05, 3.63) is 35.9 Å². The molecule has 0 saturated carbocycles. The van der Waals surface area contributed by atoms with Crippen molar-refractivity contribution in [1.82, 2.24) is 16.0 Å². The molecule has 0 aromatic heterocycles. The zero-order valence-corrected chi connectivity index (χ0v) is 13.9. The quantitative estimate of drug-likeness (QED) is 0.688. The highest BCUT2D eigenvalue weighted by Crippen LogP contribution is 2.17. The Kier molecular flexibility index (Phi) is 6.76. The minimum Gasteiger partial charge on any atom is -0.356 e. The Labute approximate surface area is 142 Å². The Bertz CT molecular complexity index is 597. The van der Waals surface area contributed by atoms with E-state index in [2.05, 4.69) is 22.0 Å². The highest BCUT2D eigenvalue weighted by atomic mass is 16.2. The zero-order valence-electron chi connectivity index (χ0n) is 13.9. The van der Waals surface area contributed by atoms with Crippen LogP contribution in [-0.4, -0.2) is 37.5 Å². The fourth-order valence-corrected chi connectivity index (χ4v) is 2.94. The summed E-state index contributed by atoms with van der Waals surface area (Å²) in [4.78, 5) is 24.3. The highest BCUT2D eigenvalue weighted by Gasteiger charge is 2.27. The molecule has 1 aromatic rings. The monoisotopic (exact) mass is 328 g/mol. The summed E-state index contributed by atoms with van der Waals surface area (Å²) in [6.45, 7) is 0.692. The second-order valence-corrected chi connectivity index (χ2v) is 6.09. The number of carbonyl (C=O) groups excluding carboxylic acids is 2. The van der Waals surface area contributed by atoms with E-state index in [1.54, 1.807) is 7.05 Å². The fourth-order valence-electron chi connectivity index (χ4n) is 2.94. The third-order valence-corrected chi connectivity index (χ3v) is 4.34. The van der Waals surface area contributed by atoms with Crippen LogP contribution < -0.4 is 16.0 Å². The van der Waals surface area contributed by atoms with Gasteiger partial charge >= 0.3 is 0 Å². The molecule has 24 heavy (non-hydrogen) atoms. The van der Waals surface area contributed by atoms with Crippen molar-refractivity contribution in [2.75, 3.05) is 13.6 Å². The molecule has 1 fully saturated rings. The molecule has 128 valence electrons. The molecule has 6 nitrogen and oxygen atoms in total. The van der Waals surface area contributed by atoms with Crippen LogP contribution in [0.15, 0.2) is 30.3 Å². The molecule has 1 aliphatic rings. The lowest BCUT2D eigenvalue weighted by molar-refractivity contribution is -0.128. The van der Waals surface area contributed by atoms with Gasteiger partial charge in [0.25, 0.3) is 0 Å². The maximum atomic E-state index is 12.4. The summed E-state index contributed by atoms with van der Waals surface area (Å²) in [5.41, 5.74) is 1.05. The van der Waals surface area contributed by atoms with Crippen molar-refractivity contribution >= 4 is 11.8 Å². The lowest BCUT2D eigenvalue weighted by atomic mass is 9.92. The van der Waals surface area contributed by atoms with Crippen LogP contribution in [0.3, 0.4) is 0 Å². The van der Waals surface area contributed by atoms with Gasteiger partial charge in [-0.05, 0) is 38.3 Å². The minimum atomic E-state index is -0.655. The van der Waals surface area contributed by atoms with Gasteiger partial charge in [-0.3, -0.25) is 9.59 Å². The second kappa shape index (κ2) is 9.04. The Balaban J connectivity index is 1.92. The van der Waals surface area contributed by atoms with Gasteiger partial charge in [-0.15, -0.1) is 0 Å². The first-order valence-corrected chi connectivity index (χ1v) is 8.33. The summed E-state index contributed by atoms with van der Waals surface area (Å²) in [5, 5.41) is 17.9. The summed E-state index contributed by atoms with van der Waals surface area (Å²) in [6.07, 6.45) is 2.58. The number of amides is 2. The van der Waals surface area contributed by atoms with Crippen molar-refractivity contribution < 1.29 is 9.59 Å². The lowest BCUT2D eigenvalue weighted by Crippen LogP contribution is -2.49. The van der Waals surface area contributed by atoms with Crippen LogP contribution in [0.1, 0.15) is 24.8 Å². The number of piperidine rings is 1. The number of likely N-dealkylation sites (N-methyl/N-ethyl adjacent to an activating group) is 1. The maximum Gasteiger partial charge on any atom is 0.238 e. The number of hydrogen-bond acceptors (Lipinski definition) is 4. The molecule has 3 N–H and O–H groups in total. The predicted molar refractivity (Wildman–Crippen MR) is 90.9 cm³/mol. The molecule has 0 spiro atoms. The molecule has 1 aliphatic heterocycles. The number of benzene rings is 1. The molecule has 0 radical (unpaired) electrons. The first-order chi connectivity index (χ1) is 11.6. The van der Waals surface area contributed by atoms with E-state index in [0.717, 1.165) is 18.4 Å². The van der Waals surface area contributed by atoms with Gasteiger partial charge in [0.15, 0.2) is 0 Å². The number of nitriles is 1. The van der Waals surface area contributed by atoms with Gasteiger partial charge in [-0.2, -0.15) is 5.26 Å². The van der Waals surface area contributed by atoms with Crippen molar-refractivity contribution in [3.63, 3.8) is 0 Å². The number of hydrogen-bond donors (Lipinski definition) is 3. The van der Waals surface area contributed by atoms with Crippen molar-refractivity contribution in [2.24, 2.45) is 5.92 Å². The van der Waals surface area contributed by atoms with Crippen molar-refractivity contribution in [2.45, 2.75) is 37.8 Å². The average molecular weight is 328 g/mol. The van der Waals surface area contributed by atoms with Crippen LogP contribution >= 0.6 is 0 Å². The van der Waals surface area contributed by atoms with Crippen molar-refractivity contribution in [1.29, 1.82) is 5.26 Å². The van der Waals surface area contributed by atoms with Crippen LogP contribution in [0.5, 0.6) is 0 Å². The Morgan fingerprint density at radius 3 is 2.79 bits per heavy atom. The molecule has 3 atom stereocenters. The summed E-state index contributed by atoms with van der Waals surface area (Å²) in [7, 11) is 1.73. The third-order valence-electron chi connectivity index (χ3n) is 4.34. The van der Waals surface area contributed by atoms with Gasteiger partial charge in [0, 0.05) is 12.5 Å². The SMILES string of the molecule is CN[C@@H](Cc1ccccc1)C(=O)NC(C#N)CC1CCCNC1=O. The summed E-state index contributed by atoms with van der Waals surface area (Å²) >= 11 is 0. The van der Waals surface area contributed by atoms with E-state index in [4.69, 9.17) is 0 Å². The lowest BCUT2D eigenvalue weighted by Gasteiger charge is -2.25. The van der Waals surface area contributed by atoms with Gasteiger partial charge in [-0.25, -0.2) is 0 Å². The van der Waals surface area contributed by atoms with Gasteiger partial charge < -0.3 is 16.0 Å². The smallest absolute Gasteiger partial charge is 0.238 e. The first-order valence-electron chi connectivity index (χ1n) is 8.33. The maximum absolute atomic E-state index is 12.4. The molecule has 0 bridgehead atoms. The topological polar surface area (TPSA) is 94.0 Å². The number of rotatable bonds is 7.